The Bertz CT molecular complexity index is 712. The molecule has 0 spiro atoms. The van der Waals surface area contributed by atoms with E-state index in [1.165, 1.54) is 0 Å². The van der Waals surface area contributed by atoms with E-state index in [0.717, 1.165) is 0 Å². The van der Waals surface area contributed by atoms with Gasteiger partial charge < -0.3 is 33.9 Å². The SMILES string of the molecule is CC(C)(C)OC(=O)NC(COC(=O)CCCCCO[N+](=O)[O-])COC(=O)OCCCCCCO[N+](=O)[O-]. The minimum atomic E-state index is -0.976. The topological polar surface area (TPSA) is 205 Å². The van der Waals surface area contributed by atoms with Gasteiger partial charge in [-0.05, 0) is 52.9 Å². The Morgan fingerprint density at radius 3 is 1.81 bits per heavy atom. The number of amides is 1. The van der Waals surface area contributed by atoms with Gasteiger partial charge in [0.1, 0.15) is 24.9 Å². The van der Waals surface area contributed by atoms with Gasteiger partial charge in [0, 0.05) is 6.42 Å². The largest absolute Gasteiger partial charge is 0.508 e. The summed E-state index contributed by atoms with van der Waals surface area (Å²) in [6.07, 6.45) is 1.97. The number of carbonyl (C=O) groups excluding carboxylic acids is 3. The predicted octanol–water partition coefficient (Wildman–Crippen LogP) is 3.11. The molecule has 0 saturated carbocycles. The Kier molecular flexibility index (Phi) is 17.7. The number of ether oxygens (including phenoxy) is 4. The third kappa shape index (κ3) is 23.9. The molecule has 1 amide bonds. The zero-order chi connectivity index (χ0) is 28.1. The number of nitrogens with one attached hydrogen (secondary N) is 1. The number of alkyl carbamates (subject to hydrolysis) is 1. The second-order valence-corrected chi connectivity index (χ2v) is 8.77. The molecule has 0 aliphatic rings. The fourth-order valence-electron chi connectivity index (χ4n) is 2.62. The highest BCUT2D eigenvalue weighted by Crippen LogP contribution is 2.08. The Labute approximate surface area is 214 Å². The van der Waals surface area contributed by atoms with Crippen LogP contribution in [0, 0.1) is 20.2 Å². The molecule has 16 nitrogen and oxygen atoms in total. The summed E-state index contributed by atoms with van der Waals surface area (Å²) in [5.74, 6) is -0.558. The molecule has 16 heteroatoms. The van der Waals surface area contributed by atoms with Gasteiger partial charge in [0.2, 0.25) is 0 Å². The van der Waals surface area contributed by atoms with E-state index in [4.69, 9.17) is 18.9 Å². The van der Waals surface area contributed by atoms with Crippen LogP contribution < -0.4 is 5.32 Å². The van der Waals surface area contributed by atoms with Crippen LogP contribution in [-0.2, 0) is 33.4 Å². The molecule has 0 aromatic carbocycles. The first-order valence-corrected chi connectivity index (χ1v) is 11.9. The van der Waals surface area contributed by atoms with E-state index in [1.807, 2.05) is 0 Å². The number of hydrogen-bond acceptors (Lipinski definition) is 13. The summed E-state index contributed by atoms with van der Waals surface area (Å²) in [6.45, 7) is 4.39. The number of carbonyl (C=O) groups is 3. The van der Waals surface area contributed by atoms with E-state index in [1.54, 1.807) is 20.8 Å². The zero-order valence-corrected chi connectivity index (χ0v) is 21.5. The van der Waals surface area contributed by atoms with Crippen molar-refractivity contribution in [1.29, 1.82) is 0 Å². The van der Waals surface area contributed by atoms with Crippen molar-refractivity contribution in [2.45, 2.75) is 83.8 Å². The fraction of sp³-hybridized carbons (Fsp3) is 0.857. The van der Waals surface area contributed by atoms with E-state index in [0.29, 0.717) is 44.9 Å². The Morgan fingerprint density at radius 2 is 1.27 bits per heavy atom. The average molecular weight is 540 g/mol. The van der Waals surface area contributed by atoms with Gasteiger partial charge in [-0.2, -0.15) is 0 Å². The molecule has 0 rings (SSSR count). The van der Waals surface area contributed by atoms with Crippen molar-refractivity contribution in [2.75, 3.05) is 33.0 Å². The van der Waals surface area contributed by atoms with Crippen LogP contribution in [0.2, 0.25) is 0 Å². The molecule has 0 aromatic rings. The van der Waals surface area contributed by atoms with Crippen molar-refractivity contribution >= 4 is 18.2 Å². The number of unbranched alkanes of at least 4 members (excludes halogenated alkanes) is 5. The van der Waals surface area contributed by atoms with Crippen LogP contribution in [0.5, 0.6) is 0 Å². The van der Waals surface area contributed by atoms with Crippen molar-refractivity contribution in [1.82, 2.24) is 5.32 Å². The summed E-state index contributed by atoms with van der Waals surface area (Å²) in [5.41, 5.74) is -0.778. The van der Waals surface area contributed by atoms with Crippen LogP contribution >= 0.6 is 0 Å². The normalized spacial score (nSPS) is 11.5. The molecule has 0 fully saturated rings. The van der Waals surface area contributed by atoms with Crippen LogP contribution in [0.3, 0.4) is 0 Å². The Hall–Kier alpha value is -3.59. The minimum absolute atomic E-state index is 0.00537. The van der Waals surface area contributed by atoms with E-state index in [-0.39, 0.29) is 39.5 Å². The van der Waals surface area contributed by atoms with Crippen molar-refractivity contribution in [3.8, 4) is 0 Å². The molecular weight excluding hydrogens is 502 g/mol. The smallest absolute Gasteiger partial charge is 0.463 e. The summed E-state index contributed by atoms with van der Waals surface area (Å²) in [6, 6.07) is -0.901. The van der Waals surface area contributed by atoms with Gasteiger partial charge in [-0.15, -0.1) is 20.2 Å². The van der Waals surface area contributed by atoms with Gasteiger partial charge in [-0.25, -0.2) is 9.59 Å². The Balaban J connectivity index is 4.35. The number of rotatable bonds is 20. The van der Waals surface area contributed by atoms with Crippen LogP contribution in [0.25, 0.3) is 0 Å². The van der Waals surface area contributed by atoms with Gasteiger partial charge in [0.15, 0.2) is 0 Å². The fourth-order valence-corrected chi connectivity index (χ4v) is 2.62. The second kappa shape index (κ2) is 19.6. The van der Waals surface area contributed by atoms with Gasteiger partial charge in [-0.3, -0.25) is 4.79 Å². The maximum atomic E-state index is 12.1. The van der Waals surface area contributed by atoms with E-state index >= 15 is 0 Å². The van der Waals surface area contributed by atoms with Crippen molar-refractivity contribution in [2.24, 2.45) is 0 Å². The van der Waals surface area contributed by atoms with Crippen LogP contribution in [0.4, 0.5) is 9.59 Å². The molecule has 0 aliphatic carbocycles. The first-order valence-electron chi connectivity index (χ1n) is 11.9. The highest BCUT2D eigenvalue weighted by atomic mass is 17.0. The lowest BCUT2D eigenvalue weighted by Gasteiger charge is -2.23. The first kappa shape index (κ1) is 33.4. The van der Waals surface area contributed by atoms with E-state index < -0.39 is 40.0 Å². The summed E-state index contributed by atoms with van der Waals surface area (Å²) >= 11 is 0. The van der Waals surface area contributed by atoms with Gasteiger partial charge >= 0.3 is 18.2 Å². The van der Waals surface area contributed by atoms with E-state index in [9.17, 15) is 34.6 Å². The molecular formula is C21H37N3O13. The van der Waals surface area contributed by atoms with Gasteiger partial charge in [-0.1, -0.05) is 12.8 Å². The monoisotopic (exact) mass is 539 g/mol. The summed E-state index contributed by atoms with van der Waals surface area (Å²) in [4.78, 5) is 64.4. The second-order valence-electron chi connectivity index (χ2n) is 8.77. The highest BCUT2D eigenvalue weighted by Gasteiger charge is 2.22. The van der Waals surface area contributed by atoms with Crippen LogP contribution in [-0.4, -0.2) is 73.1 Å². The lowest BCUT2D eigenvalue weighted by atomic mass is 10.2. The lowest BCUT2D eigenvalue weighted by Crippen LogP contribution is -2.44. The van der Waals surface area contributed by atoms with Gasteiger partial charge in [0.05, 0.1) is 19.8 Å². The standard InChI is InChI=1S/C21H37N3O13/c1-21(2,3)37-19(26)22-17(15-33-18(25)11-7-6-10-14-36-24(30)31)16-34-20(27)32-12-8-4-5-9-13-35-23(28)29/h17H,4-16H2,1-3H3,(H,22,26). The first-order chi connectivity index (χ1) is 17.4. The molecule has 0 heterocycles. The number of hydrogen-bond donors (Lipinski definition) is 1. The Morgan fingerprint density at radius 1 is 0.757 bits per heavy atom. The molecule has 0 aromatic heterocycles. The van der Waals surface area contributed by atoms with Crippen molar-refractivity contribution in [3.05, 3.63) is 20.2 Å². The van der Waals surface area contributed by atoms with Crippen LogP contribution in [0.15, 0.2) is 0 Å². The minimum Gasteiger partial charge on any atom is -0.463 e. The zero-order valence-electron chi connectivity index (χ0n) is 21.5. The van der Waals surface area contributed by atoms with Crippen molar-refractivity contribution < 1.29 is 53.2 Å². The molecule has 0 bridgehead atoms. The predicted molar refractivity (Wildman–Crippen MR) is 124 cm³/mol. The number of esters is 1. The van der Waals surface area contributed by atoms with Crippen LogP contribution in [0.1, 0.15) is 72.1 Å². The third-order valence-electron chi connectivity index (χ3n) is 4.25. The number of nitrogens with zero attached hydrogens (tertiary/aromatic N) is 2. The molecule has 1 atom stereocenters. The lowest BCUT2D eigenvalue weighted by molar-refractivity contribution is -0.757. The molecule has 37 heavy (non-hydrogen) atoms. The quantitative estimate of drug-likeness (QED) is 0.0777. The molecule has 0 radical (unpaired) electrons. The molecule has 214 valence electrons. The van der Waals surface area contributed by atoms with E-state index in [2.05, 4.69) is 15.0 Å². The van der Waals surface area contributed by atoms with Crippen molar-refractivity contribution in [3.63, 3.8) is 0 Å². The summed E-state index contributed by atoms with van der Waals surface area (Å²) < 4.78 is 20.2. The maximum absolute atomic E-state index is 12.1. The molecule has 1 N–H and O–H groups in total. The maximum Gasteiger partial charge on any atom is 0.508 e. The molecule has 0 saturated heterocycles. The molecule has 0 aliphatic heterocycles. The summed E-state index contributed by atoms with van der Waals surface area (Å²) in [7, 11) is 0. The summed E-state index contributed by atoms with van der Waals surface area (Å²) in [5, 5.41) is 20.8. The van der Waals surface area contributed by atoms with Gasteiger partial charge in [0.25, 0.3) is 10.2 Å². The average Bonchev–Trinajstić information content (AvgIpc) is 2.78. The third-order valence-corrected chi connectivity index (χ3v) is 4.25. The molecule has 1 unspecified atom stereocenters. The highest BCUT2D eigenvalue weighted by molar-refractivity contribution is 5.70.